The van der Waals surface area contributed by atoms with Crippen molar-refractivity contribution >= 4 is 43.8 Å². The van der Waals surface area contributed by atoms with Crippen LogP contribution in [-0.4, -0.2) is 31.8 Å². The number of rotatable bonds is 4. The van der Waals surface area contributed by atoms with Gasteiger partial charge in [0, 0.05) is 0 Å². The van der Waals surface area contributed by atoms with E-state index >= 15 is 0 Å². The first-order valence-electron chi connectivity index (χ1n) is 2.69. The van der Waals surface area contributed by atoms with Crippen molar-refractivity contribution in [3.8, 4) is 0 Å². The molecule has 0 heterocycles. The Morgan fingerprint density at radius 1 is 1.09 bits per heavy atom. The maximum absolute atomic E-state index is 10.2. The van der Waals surface area contributed by atoms with Crippen LogP contribution in [0.25, 0.3) is 0 Å². The Kier molecular flexibility index (Phi) is 4.67. The topological polar surface area (TPSA) is 74.6 Å². The van der Waals surface area contributed by atoms with Gasteiger partial charge in [0.05, 0.1) is 0 Å². The number of alkyl halides is 2. The zero-order valence-electron chi connectivity index (χ0n) is 5.33. The van der Waals surface area contributed by atoms with Crippen molar-refractivity contribution in [1.82, 2.24) is 0 Å². The second-order valence-corrected chi connectivity index (χ2v) is 4.06. The second-order valence-electron chi connectivity index (χ2n) is 1.85. The van der Waals surface area contributed by atoms with Crippen molar-refractivity contribution in [1.29, 1.82) is 0 Å². The molecule has 0 saturated heterocycles. The number of aliphatic carboxylic acids is 2. The molecule has 0 aromatic rings. The van der Waals surface area contributed by atoms with Gasteiger partial charge >= 0.3 is 11.9 Å². The zero-order valence-corrected chi connectivity index (χ0v) is 8.50. The molecule has 0 amide bonds. The van der Waals surface area contributed by atoms with Crippen LogP contribution in [-0.2, 0) is 9.59 Å². The van der Waals surface area contributed by atoms with Crippen LogP contribution in [0.1, 0.15) is 6.42 Å². The molecule has 4 nitrogen and oxygen atoms in total. The molecule has 2 atom stereocenters. The molecular weight excluding hydrogens is 284 g/mol. The Labute approximate surface area is 79.8 Å². The van der Waals surface area contributed by atoms with Gasteiger partial charge in [0.1, 0.15) is 9.65 Å². The summed E-state index contributed by atoms with van der Waals surface area (Å²) < 4.78 is 0. The summed E-state index contributed by atoms with van der Waals surface area (Å²) in [5, 5.41) is 16.7. The lowest BCUT2D eigenvalue weighted by Gasteiger charge is -2.05. The minimum absolute atomic E-state index is 0.0185. The SMILES string of the molecule is O=C(O)C(Br)CC(Br)C(=O)O. The molecular formula is C5H6Br2O4. The summed E-state index contributed by atoms with van der Waals surface area (Å²) in [5.41, 5.74) is 0. The average Bonchev–Trinajstić information content (AvgIpc) is 1.87. The monoisotopic (exact) mass is 288 g/mol. The Morgan fingerprint density at radius 2 is 1.36 bits per heavy atom. The Hall–Kier alpha value is -0.100. The molecule has 0 radical (unpaired) electrons. The number of carboxylic acids is 2. The van der Waals surface area contributed by atoms with Gasteiger partial charge < -0.3 is 10.2 Å². The lowest BCUT2D eigenvalue weighted by molar-refractivity contribution is -0.137. The van der Waals surface area contributed by atoms with Crippen LogP contribution in [0.3, 0.4) is 0 Å². The predicted octanol–water partition coefficient (Wildman–Crippen LogP) is 1.07. The molecule has 64 valence electrons. The number of carbonyl (C=O) groups is 2. The van der Waals surface area contributed by atoms with Gasteiger partial charge in [-0.25, -0.2) is 0 Å². The number of hydrogen-bond donors (Lipinski definition) is 2. The third kappa shape index (κ3) is 4.36. The molecule has 0 rings (SSSR count). The van der Waals surface area contributed by atoms with Gasteiger partial charge in [-0.1, -0.05) is 31.9 Å². The van der Waals surface area contributed by atoms with E-state index in [1.54, 1.807) is 0 Å². The van der Waals surface area contributed by atoms with Crippen molar-refractivity contribution < 1.29 is 19.8 Å². The largest absolute Gasteiger partial charge is 0.480 e. The summed E-state index contributed by atoms with van der Waals surface area (Å²) in [5.74, 6) is -2.12. The van der Waals surface area contributed by atoms with Crippen LogP contribution < -0.4 is 0 Å². The molecule has 0 bridgehead atoms. The maximum atomic E-state index is 10.2. The van der Waals surface area contributed by atoms with Crippen molar-refractivity contribution in [3.63, 3.8) is 0 Å². The second kappa shape index (κ2) is 4.71. The fourth-order valence-electron chi connectivity index (χ4n) is 0.383. The highest BCUT2D eigenvalue weighted by Crippen LogP contribution is 2.14. The van der Waals surface area contributed by atoms with Gasteiger partial charge in [-0.15, -0.1) is 0 Å². The van der Waals surface area contributed by atoms with E-state index in [1.807, 2.05) is 0 Å². The standard InChI is InChI=1S/C5H6Br2O4/c6-2(4(8)9)1-3(7)5(10)11/h2-3H,1H2,(H,8,9)(H,10,11). The average molecular weight is 290 g/mol. The van der Waals surface area contributed by atoms with Crippen LogP contribution in [0, 0.1) is 0 Å². The first-order valence-corrected chi connectivity index (χ1v) is 4.52. The molecule has 11 heavy (non-hydrogen) atoms. The van der Waals surface area contributed by atoms with Gasteiger partial charge in [0.2, 0.25) is 0 Å². The molecule has 0 aromatic carbocycles. The molecule has 6 heteroatoms. The highest BCUT2D eigenvalue weighted by Gasteiger charge is 2.22. The Bertz CT molecular complexity index is 152. The maximum Gasteiger partial charge on any atom is 0.317 e. The molecule has 0 saturated carbocycles. The van der Waals surface area contributed by atoms with E-state index in [9.17, 15) is 9.59 Å². The third-order valence-electron chi connectivity index (χ3n) is 0.950. The number of hydrogen-bond acceptors (Lipinski definition) is 2. The van der Waals surface area contributed by atoms with Crippen LogP contribution in [0.4, 0.5) is 0 Å². The van der Waals surface area contributed by atoms with Crippen molar-refractivity contribution in [3.05, 3.63) is 0 Å². The number of halogens is 2. The quantitative estimate of drug-likeness (QED) is 0.759. The van der Waals surface area contributed by atoms with Crippen LogP contribution in [0.5, 0.6) is 0 Å². The molecule has 0 aromatic heterocycles. The van der Waals surface area contributed by atoms with Crippen molar-refractivity contribution in [2.45, 2.75) is 16.1 Å². The van der Waals surface area contributed by atoms with Crippen LogP contribution >= 0.6 is 31.9 Å². The lowest BCUT2D eigenvalue weighted by Crippen LogP contribution is -2.22. The molecule has 2 N–H and O–H groups in total. The summed E-state index contributed by atoms with van der Waals surface area (Å²) in [6.45, 7) is 0. The summed E-state index contributed by atoms with van der Waals surface area (Å²) in [6.07, 6.45) is 0.0185. The summed E-state index contributed by atoms with van der Waals surface area (Å²) in [4.78, 5) is 18.8. The summed E-state index contributed by atoms with van der Waals surface area (Å²) in [7, 11) is 0. The normalized spacial score (nSPS) is 15.5. The molecule has 0 aliphatic carbocycles. The van der Waals surface area contributed by atoms with Gasteiger partial charge in [-0.2, -0.15) is 0 Å². The smallest absolute Gasteiger partial charge is 0.317 e. The minimum Gasteiger partial charge on any atom is -0.480 e. The van der Waals surface area contributed by atoms with Gasteiger partial charge in [0.25, 0.3) is 0 Å². The summed E-state index contributed by atoms with van der Waals surface area (Å²) >= 11 is 5.64. The van der Waals surface area contributed by atoms with Crippen LogP contribution in [0.2, 0.25) is 0 Å². The lowest BCUT2D eigenvalue weighted by atomic mass is 10.2. The van der Waals surface area contributed by atoms with E-state index in [0.29, 0.717) is 0 Å². The van der Waals surface area contributed by atoms with Crippen molar-refractivity contribution in [2.24, 2.45) is 0 Å². The fourth-order valence-corrected chi connectivity index (χ4v) is 1.63. The van der Waals surface area contributed by atoms with E-state index in [0.717, 1.165) is 0 Å². The highest BCUT2D eigenvalue weighted by molar-refractivity contribution is 9.10. The molecule has 0 aliphatic heterocycles. The third-order valence-corrected chi connectivity index (χ3v) is 2.48. The summed E-state index contributed by atoms with van der Waals surface area (Å²) in [6, 6.07) is 0. The van der Waals surface area contributed by atoms with E-state index in [1.165, 1.54) is 0 Å². The predicted molar refractivity (Wildman–Crippen MR) is 45.3 cm³/mol. The first-order chi connectivity index (χ1) is 4.95. The van der Waals surface area contributed by atoms with Crippen LogP contribution in [0.15, 0.2) is 0 Å². The van der Waals surface area contributed by atoms with E-state index in [4.69, 9.17) is 10.2 Å². The molecule has 2 unspecified atom stereocenters. The highest BCUT2D eigenvalue weighted by atomic mass is 79.9. The number of carboxylic acid groups (broad SMARTS) is 2. The molecule has 0 spiro atoms. The first kappa shape index (κ1) is 10.9. The Balaban J connectivity index is 3.84. The zero-order chi connectivity index (χ0) is 9.02. The Morgan fingerprint density at radius 3 is 1.55 bits per heavy atom. The van der Waals surface area contributed by atoms with Gasteiger partial charge in [0.15, 0.2) is 0 Å². The van der Waals surface area contributed by atoms with E-state index in [2.05, 4.69) is 31.9 Å². The molecule has 0 aliphatic rings. The molecule has 0 fully saturated rings. The van der Waals surface area contributed by atoms with E-state index in [-0.39, 0.29) is 6.42 Å². The fraction of sp³-hybridized carbons (Fsp3) is 0.600. The van der Waals surface area contributed by atoms with Crippen molar-refractivity contribution in [2.75, 3.05) is 0 Å². The van der Waals surface area contributed by atoms with E-state index < -0.39 is 21.6 Å². The van der Waals surface area contributed by atoms with Gasteiger partial charge in [-0.05, 0) is 6.42 Å². The minimum atomic E-state index is -1.06. The van der Waals surface area contributed by atoms with Gasteiger partial charge in [-0.3, -0.25) is 9.59 Å².